The number of benzene rings is 1. The Morgan fingerprint density at radius 1 is 1.21 bits per heavy atom. The number of piperidine rings is 1. The maximum atomic E-state index is 12.9. The maximum absolute atomic E-state index is 12.9. The number of rotatable bonds is 5. The van der Waals surface area contributed by atoms with E-state index in [2.05, 4.69) is 27.3 Å². The largest absolute Gasteiger partial charge is 0.361 e. The van der Waals surface area contributed by atoms with Crippen molar-refractivity contribution in [1.82, 2.24) is 20.2 Å². The van der Waals surface area contributed by atoms with E-state index in [9.17, 15) is 9.59 Å². The summed E-state index contributed by atoms with van der Waals surface area (Å²) >= 11 is 1.54. The molecule has 3 aromatic rings. The molecule has 6 nitrogen and oxygen atoms in total. The van der Waals surface area contributed by atoms with E-state index in [0.29, 0.717) is 25.2 Å². The van der Waals surface area contributed by atoms with Crippen molar-refractivity contribution < 1.29 is 9.59 Å². The van der Waals surface area contributed by atoms with Gasteiger partial charge in [-0.15, -0.1) is 17.8 Å². The second-order valence-electron chi connectivity index (χ2n) is 9.50. The minimum Gasteiger partial charge on any atom is -0.361 e. The Kier molecular flexibility index (Phi) is 6.42. The number of hydrogen-bond donors (Lipinski definition) is 2. The lowest BCUT2D eigenvalue weighted by Crippen LogP contribution is -2.48. The summed E-state index contributed by atoms with van der Waals surface area (Å²) in [7, 11) is 0. The van der Waals surface area contributed by atoms with Gasteiger partial charge >= 0.3 is 0 Å². The van der Waals surface area contributed by atoms with Gasteiger partial charge in [-0.3, -0.25) is 9.59 Å². The van der Waals surface area contributed by atoms with Crippen LogP contribution in [0.5, 0.6) is 0 Å². The maximum Gasteiger partial charge on any atom is 0.271 e. The standard InChI is InChI=1S/C27H30N4O2S/c1-2-27(12-6-3-7-13-27)30-25(33)23-18-34-26(29-23)19-10-14-31(15-11-19)24(32)16-20-17-28-22-9-5-4-8-21(20)22/h1,4-5,8-9,17-19,28H,3,6-7,10-16H2,(H,30,33). The Labute approximate surface area is 204 Å². The molecule has 1 saturated heterocycles. The first-order valence-electron chi connectivity index (χ1n) is 12.2. The number of para-hydroxylation sites is 1. The van der Waals surface area contributed by atoms with Crippen LogP contribution < -0.4 is 5.32 Å². The van der Waals surface area contributed by atoms with Gasteiger partial charge in [0, 0.05) is 41.5 Å². The van der Waals surface area contributed by atoms with E-state index in [1.165, 1.54) is 17.8 Å². The van der Waals surface area contributed by atoms with Crippen LogP contribution in [0.25, 0.3) is 10.9 Å². The third-order valence-corrected chi connectivity index (χ3v) is 8.31. The zero-order valence-corrected chi connectivity index (χ0v) is 20.1. The zero-order valence-electron chi connectivity index (χ0n) is 19.3. The number of carbonyl (C=O) groups excluding carboxylic acids is 2. The van der Waals surface area contributed by atoms with Crippen molar-refractivity contribution >= 4 is 34.1 Å². The third kappa shape index (κ3) is 4.60. The number of thiazole rings is 1. The quantitative estimate of drug-likeness (QED) is 0.529. The monoisotopic (exact) mass is 474 g/mol. The Hall–Kier alpha value is -3.11. The number of amides is 2. The Morgan fingerprint density at radius 2 is 1.97 bits per heavy atom. The lowest BCUT2D eigenvalue weighted by molar-refractivity contribution is -0.131. The van der Waals surface area contributed by atoms with Gasteiger partial charge in [0.05, 0.1) is 11.4 Å². The van der Waals surface area contributed by atoms with Gasteiger partial charge in [0.1, 0.15) is 11.2 Å². The minimum atomic E-state index is -0.532. The van der Waals surface area contributed by atoms with Crippen LogP contribution in [0.2, 0.25) is 0 Å². The number of aromatic amines is 1. The lowest BCUT2D eigenvalue weighted by atomic mass is 9.82. The van der Waals surface area contributed by atoms with Crippen molar-refractivity contribution in [3.63, 3.8) is 0 Å². The molecular formula is C27H30N4O2S. The van der Waals surface area contributed by atoms with Crippen molar-refractivity contribution in [2.24, 2.45) is 0 Å². The fourth-order valence-electron chi connectivity index (χ4n) is 5.25. The van der Waals surface area contributed by atoms with Gasteiger partial charge in [0.25, 0.3) is 5.91 Å². The van der Waals surface area contributed by atoms with E-state index in [1.54, 1.807) is 0 Å². The number of H-pyrrole nitrogens is 1. The highest BCUT2D eigenvalue weighted by Gasteiger charge is 2.33. The van der Waals surface area contributed by atoms with E-state index in [4.69, 9.17) is 6.42 Å². The van der Waals surface area contributed by atoms with Crippen LogP contribution in [0.4, 0.5) is 0 Å². The SMILES string of the molecule is C#CC1(NC(=O)c2csc(C3CCN(C(=O)Cc4c[nH]c5ccccc45)CC3)n2)CCCCC1. The topological polar surface area (TPSA) is 78.1 Å². The summed E-state index contributed by atoms with van der Waals surface area (Å²) in [6.07, 6.45) is 14.8. The molecule has 2 N–H and O–H groups in total. The molecule has 2 aliphatic rings. The van der Waals surface area contributed by atoms with Crippen LogP contribution in [-0.2, 0) is 11.2 Å². The van der Waals surface area contributed by atoms with Crippen LogP contribution >= 0.6 is 11.3 Å². The highest BCUT2D eigenvalue weighted by Crippen LogP contribution is 2.32. The minimum absolute atomic E-state index is 0.162. The average molecular weight is 475 g/mol. The molecule has 2 aromatic heterocycles. The highest BCUT2D eigenvalue weighted by atomic mass is 32.1. The van der Waals surface area contributed by atoms with Crippen molar-refractivity contribution in [2.45, 2.75) is 62.8 Å². The first-order chi connectivity index (χ1) is 16.6. The molecule has 0 bridgehead atoms. The number of fused-ring (bicyclic) bond motifs is 1. The molecule has 34 heavy (non-hydrogen) atoms. The molecule has 0 atom stereocenters. The molecule has 3 heterocycles. The van der Waals surface area contributed by atoms with Gasteiger partial charge in [-0.1, -0.05) is 43.4 Å². The Bertz CT molecular complexity index is 1220. The van der Waals surface area contributed by atoms with Crippen LogP contribution in [0, 0.1) is 12.3 Å². The zero-order chi connectivity index (χ0) is 23.5. The predicted octanol–water partition coefficient (Wildman–Crippen LogP) is 4.64. The van der Waals surface area contributed by atoms with Gasteiger partial charge in [-0.25, -0.2) is 4.98 Å². The highest BCUT2D eigenvalue weighted by molar-refractivity contribution is 7.09. The molecule has 2 fully saturated rings. The van der Waals surface area contributed by atoms with E-state index >= 15 is 0 Å². The summed E-state index contributed by atoms with van der Waals surface area (Å²) < 4.78 is 0. The number of hydrogen-bond acceptors (Lipinski definition) is 4. The van der Waals surface area contributed by atoms with Crippen LogP contribution in [-0.4, -0.2) is 45.3 Å². The number of aromatic nitrogens is 2. The Balaban J connectivity index is 1.16. The van der Waals surface area contributed by atoms with Crippen molar-refractivity contribution in [3.8, 4) is 12.3 Å². The van der Waals surface area contributed by atoms with Crippen LogP contribution in [0.1, 0.15) is 71.9 Å². The number of carbonyl (C=O) groups is 2. The summed E-state index contributed by atoms with van der Waals surface area (Å²) in [6, 6.07) is 8.07. The number of terminal acetylenes is 1. The second-order valence-corrected chi connectivity index (χ2v) is 10.4. The smallest absolute Gasteiger partial charge is 0.271 e. The molecular weight excluding hydrogens is 444 g/mol. The van der Waals surface area contributed by atoms with Gasteiger partial charge < -0.3 is 15.2 Å². The molecule has 0 radical (unpaired) electrons. The average Bonchev–Trinajstić information content (AvgIpc) is 3.53. The first-order valence-corrected chi connectivity index (χ1v) is 13.0. The molecule has 176 valence electrons. The summed E-state index contributed by atoms with van der Waals surface area (Å²) in [5, 5.41) is 7.01. The molecule has 1 aliphatic heterocycles. The van der Waals surface area contributed by atoms with Crippen molar-refractivity contribution in [3.05, 3.63) is 52.1 Å². The van der Waals surface area contributed by atoms with Gasteiger partial charge in [0.2, 0.25) is 5.91 Å². The van der Waals surface area contributed by atoms with Crippen molar-refractivity contribution in [2.75, 3.05) is 13.1 Å². The number of nitrogens with zero attached hydrogens (tertiary/aromatic N) is 2. The fourth-order valence-corrected chi connectivity index (χ4v) is 6.22. The van der Waals surface area contributed by atoms with Crippen molar-refractivity contribution in [1.29, 1.82) is 0 Å². The molecule has 1 saturated carbocycles. The third-order valence-electron chi connectivity index (χ3n) is 7.30. The van der Waals surface area contributed by atoms with E-state index in [-0.39, 0.29) is 17.7 Å². The summed E-state index contributed by atoms with van der Waals surface area (Å²) in [5.74, 6) is 3.10. The van der Waals surface area contributed by atoms with E-state index in [1.807, 2.05) is 34.7 Å². The first kappa shape index (κ1) is 22.7. The number of nitrogens with one attached hydrogen (secondary N) is 2. The number of likely N-dealkylation sites (tertiary alicyclic amines) is 1. The normalized spacial score (nSPS) is 18.5. The summed E-state index contributed by atoms with van der Waals surface area (Å²) in [4.78, 5) is 35.6. The van der Waals surface area contributed by atoms with Crippen LogP contribution in [0.15, 0.2) is 35.8 Å². The molecule has 7 heteroatoms. The van der Waals surface area contributed by atoms with Gasteiger partial charge in [-0.05, 0) is 37.3 Å². The summed E-state index contributed by atoms with van der Waals surface area (Å²) in [6.45, 7) is 1.43. The fraction of sp³-hybridized carbons (Fsp3) is 0.444. The molecule has 5 rings (SSSR count). The molecule has 0 unspecified atom stereocenters. The van der Waals surface area contributed by atoms with Gasteiger partial charge in [-0.2, -0.15) is 0 Å². The molecule has 1 aliphatic carbocycles. The van der Waals surface area contributed by atoms with E-state index < -0.39 is 5.54 Å². The van der Waals surface area contributed by atoms with E-state index in [0.717, 1.165) is 60.0 Å². The molecule has 0 spiro atoms. The predicted molar refractivity (Wildman–Crippen MR) is 135 cm³/mol. The van der Waals surface area contributed by atoms with Gasteiger partial charge in [0.15, 0.2) is 0 Å². The lowest BCUT2D eigenvalue weighted by Gasteiger charge is -2.33. The Morgan fingerprint density at radius 3 is 2.74 bits per heavy atom. The second kappa shape index (κ2) is 9.63. The molecule has 1 aromatic carbocycles. The summed E-state index contributed by atoms with van der Waals surface area (Å²) in [5.41, 5.74) is 2.03. The molecule has 2 amide bonds. The van der Waals surface area contributed by atoms with Crippen LogP contribution in [0.3, 0.4) is 0 Å².